The molecule has 1 aliphatic heterocycles. The van der Waals surface area contributed by atoms with Crippen LogP contribution in [-0.2, 0) is 0 Å². The molecule has 1 saturated heterocycles. The standard InChI is InChI=1S/C16H18N2OS/c1-12-8-11-20-15(12)16(19)17-13-4-6-14(7-5-13)18-9-2-3-10-18/h4-8,11H,2-3,9-10H2,1H3,(H,17,19). The van der Waals surface area contributed by atoms with Gasteiger partial charge in [-0.15, -0.1) is 11.3 Å². The van der Waals surface area contributed by atoms with Gasteiger partial charge < -0.3 is 10.2 Å². The van der Waals surface area contributed by atoms with E-state index in [1.165, 1.54) is 29.9 Å². The van der Waals surface area contributed by atoms with Crippen molar-refractivity contribution in [3.05, 3.63) is 46.2 Å². The van der Waals surface area contributed by atoms with Crippen LogP contribution in [0.2, 0.25) is 0 Å². The maximum absolute atomic E-state index is 12.1. The summed E-state index contributed by atoms with van der Waals surface area (Å²) in [7, 11) is 0. The smallest absolute Gasteiger partial charge is 0.265 e. The van der Waals surface area contributed by atoms with Gasteiger partial charge in [-0.05, 0) is 61.0 Å². The zero-order chi connectivity index (χ0) is 13.9. The first-order valence-corrected chi connectivity index (χ1v) is 7.82. The molecule has 1 N–H and O–H groups in total. The van der Waals surface area contributed by atoms with Gasteiger partial charge in [0.2, 0.25) is 0 Å². The lowest BCUT2D eigenvalue weighted by Gasteiger charge is -2.17. The molecule has 3 nitrogen and oxygen atoms in total. The Morgan fingerprint density at radius 1 is 1.15 bits per heavy atom. The number of hydrogen-bond acceptors (Lipinski definition) is 3. The predicted molar refractivity (Wildman–Crippen MR) is 84.9 cm³/mol. The molecular formula is C16H18N2OS. The molecule has 2 heterocycles. The lowest BCUT2D eigenvalue weighted by Crippen LogP contribution is -2.17. The van der Waals surface area contributed by atoms with Crippen molar-refractivity contribution in [2.75, 3.05) is 23.3 Å². The summed E-state index contributed by atoms with van der Waals surface area (Å²) in [5.74, 6) is -0.0218. The Balaban J connectivity index is 1.69. The molecule has 1 aliphatic rings. The highest BCUT2D eigenvalue weighted by Crippen LogP contribution is 2.23. The summed E-state index contributed by atoms with van der Waals surface area (Å²) in [6.07, 6.45) is 2.55. The number of hydrogen-bond donors (Lipinski definition) is 1. The molecule has 0 unspecified atom stereocenters. The molecule has 1 fully saturated rings. The van der Waals surface area contributed by atoms with Crippen LogP contribution in [0.1, 0.15) is 28.1 Å². The number of rotatable bonds is 3. The maximum atomic E-state index is 12.1. The van der Waals surface area contributed by atoms with Gasteiger partial charge in [-0.1, -0.05) is 0 Å². The van der Waals surface area contributed by atoms with Crippen LogP contribution in [0.3, 0.4) is 0 Å². The molecule has 1 amide bonds. The Kier molecular flexibility index (Phi) is 3.74. The van der Waals surface area contributed by atoms with Crippen LogP contribution >= 0.6 is 11.3 Å². The van der Waals surface area contributed by atoms with Gasteiger partial charge >= 0.3 is 0 Å². The normalized spacial score (nSPS) is 14.6. The van der Waals surface area contributed by atoms with Gasteiger partial charge in [0.05, 0.1) is 4.88 Å². The van der Waals surface area contributed by atoms with Gasteiger partial charge in [-0.3, -0.25) is 4.79 Å². The van der Waals surface area contributed by atoms with Crippen LogP contribution in [0.5, 0.6) is 0 Å². The molecule has 0 bridgehead atoms. The molecule has 104 valence electrons. The summed E-state index contributed by atoms with van der Waals surface area (Å²) in [5.41, 5.74) is 3.12. The first-order valence-electron chi connectivity index (χ1n) is 6.94. The zero-order valence-electron chi connectivity index (χ0n) is 11.6. The summed E-state index contributed by atoms with van der Waals surface area (Å²) < 4.78 is 0. The summed E-state index contributed by atoms with van der Waals surface area (Å²) in [6, 6.07) is 10.1. The largest absolute Gasteiger partial charge is 0.372 e. The number of benzene rings is 1. The van der Waals surface area contributed by atoms with E-state index in [0.29, 0.717) is 0 Å². The number of amides is 1. The molecule has 4 heteroatoms. The van der Waals surface area contributed by atoms with E-state index >= 15 is 0 Å². The number of carbonyl (C=O) groups is 1. The van der Waals surface area contributed by atoms with Crippen molar-refractivity contribution >= 4 is 28.6 Å². The third-order valence-corrected chi connectivity index (χ3v) is 4.68. The van der Waals surface area contributed by atoms with E-state index in [4.69, 9.17) is 0 Å². The molecule has 0 atom stereocenters. The van der Waals surface area contributed by atoms with Crippen molar-refractivity contribution in [1.82, 2.24) is 0 Å². The van der Waals surface area contributed by atoms with Crippen LogP contribution in [0.15, 0.2) is 35.7 Å². The van der Waals surface area contributed by atoms with Gasteiger partial charge in [0, 0.05) is 24.5 Å². The Morgan fingerprint density at radius 2 is 1.85 bits per heavy atom. The van der Waals surface area contributed by atoms with Gasteiger partial charge in [-0.2, -0.15) is 0 Å². The third kappa shape index (κ3) is 2.70. The van der Waals surface area contributed by atoms with E-state index in [1.807, 2.05) is 30.5 Å². The van der Waals surface area contributed by atoms with Crippen LogP contribution < -0.4 is 10.2 Å². The van der Waals surface area contributed by atoms with Crippen molar-refractivity contribution in [3.63, 3.8) is 0 Å². The molecule has 3 rings (SSSR count). The average molecular weight is 286 g/mol. The van der Waals surface area contributed by atoms with E-state index < -0.39 is 0 Å². The van der Waals surface area contributed by atoms with Crippen LogP contribution in [-0.4, -0.2) is 19.0 Å². The van der Waals surface area contributed by atoms with Gasteiger partial charge in [0.1, 0.15) is 0 Å². The average Bonchev–Trinajstić information content (AvgIpc) is 3.10. The molecule has 0 aliphatic carbocycles. The van der Waals surface area contributed by atoms with E-state index in [-0.39, 0.29) is 5.91 Å². The SMILES string of the molecule is Cc1ccsc1C(=O)Nc1ccc(N2CCCC2)cc1. The minimum absolute atomic E-state index is 0.0218. The van der Waals surface area contributed by atoms with Crippen molar-refractivity contribution in [2.45, 2.75) is 19.8 Å². The quantitative estimate of drug-likeness (QED) is 0.928. The number of thiophene rings is 1. The Morgan fingerprint density at radius 3 is 2.45 bits per heavy atom. The Hall–Kier alpha value is -1.81. The van der Waals surface area contributed by atoms with E-state index in [0.717, 1.165) is 29.2 Å². The maximum Gasteiger partial charge on any atom is 0.265 e. The van der Waals surface area contributed by atoms with Crippen molar-refractivity contribution in [3.8, 4) is 0 Å². The monoisotopic (exact) mass is 286 g/mol. The minimum Gasteiger partial charge on any atom is -0.372 e. The molecule has 0 saturated carbocycles. The fourth-order valence-electron chi connectivity index (χ4n) is 2.52. The molecule has 1 aromatic heterocycles. The summed E-state index contributed by atoms with van der Waals surface area (Å²) in [6.45, 7) is 4.24. The van der Waals surface area contributed by atoms with E-state index in [1.54, 1.807) is 0 Å². The second kappa shape index (κ2) is 5.67. The molecule has 1 aromatic carbocycles. The predicted octanol–water partition coefficient (Wildman–Crippen LogP) is 3.91. The van der Waals surface area contributed by atoms with Crippen LogP contribution in [0.4, 0.5) is 11.4 Å². The molecule has 2 aromatic rings. The van der Waals surface area contributed by atoms with Crippen molar-refractivity contribution in [2.24, 2.45) is 0 Å². The number of anilines is 2. The molecule has 0 radical (unpaired) electrons. The van der Waals surface area contributed by atoms with Crippen molar-refractivity contribution < 1.29 is 4.79 Å². The third-order valence-electron chi connectivity index (χ3n) is 3.66. The fourth-order valence-corrected chi connectivity index (χ4v) is 3.34. The highest BCUT2D eigenvalue weighted by atomic mass is 32.1. The highest BCUT2D eigenvalue weighted by molar-refractivity contribution is 7.12. The van der Waals surface area contributed by atoms with Gasteiger partial charge in [-0.25, -0.2) is 0 Å². The van der Waals surface area contributed by atoms with Crippen LogP contribution in [0.25, 0.3) is 0 Å². The lowest BCUT2D eigenvalue weighted by atomic mass is 10.2. The van der Waals surface area contributed by atoms with Crippen LogP contribution in [0, 0.1) is 6.92 Å². The van der Waals surface area contributed by atoms with E-state index in [2.05, 4.69) is 22.3 Å². The minimum atomic E-state index is -0.0218. The zero-order valence-corrected chi connectivity index (χ0v) is 12.4. The second-order valence-electron chi connectivity index (χ2n) is 5.13. The molecule has 0 spiro atoms. The first kappa shape index (κ1) is 13.2. The highest BCUT2D eigenvalue weighted by Gasteiger charge is 2.13. The first-order chi connectivity index (χ1) is 9.74. The topological polar surface area (TPSA) is 32.3 Å². The number of nitrogens with zero attached hydrogens (tertiary/aromatic N) is 1. The fraction of sp³-hybridized carbons (Fsp3) is 0.312. The summed E-state index contributed by atoms with van der Waals surface area (Å²) in [5, 5.41) is 4.90. The summed E-state index contributed by atoms with van der Waals surface area (Å²) in [4.78, 5) is 15.3. The van der Waals surface area contributed by atoms with Gasteiger partial charge in [0.25, 0.3) is 5.91 Å². The Bertz CT molecular complexity index is 597. The Labute approximate surface area is 123 Å². The molecule has 20 heavy (non-hydrogen) atoms. The second-order valence-corrected chi connectivity index (χ2v) is 6.04. The number of aryl methyl sites for hydroxylation is 1. The van der Waals surface area contributed by atoms with E-state index in [9.17, 15) is 4.79 Å². The molecular weight excluding hydrogens is 268 g/mol. The van der Waals surface area contributed by atoms with Crippen molar-refractivity contribution in [1.29, 1.82) is 0 Å². The number of nitrogens with one attached hydrogen (secondary N) is 1. The lowest BCUT2D eigenvalue weighted by molar-refractivity contribution is 0.103. The van der Waals surface area contributed by atoms with Gasteiger partial charge in [0.15, 0.2) is 0 Å². The summed E-state index contributed by atoms with van der Waals surface area (Å²) >= 11 is 1.48. The number of carbonyl (C=O) groups excluding carboxylic acids is 1.